The van der Waals surface area contributed by atoms with Crippen LogP contribution in [0.25, 0.3) is 10.9 Å². The molecule has 0 saturated carbocycles. The average molecular weight is 257 g/mol. The molecule has 2 rings (SSSR count). The standard InChI is InChI=1S/C16H23N3/c1-4-9-19(12(2)3)16-10-13(11-17)14-7-5-6-8-15(14)18-16/h5-8,10,12H,4,9,11,17H2,1-3H3. The quantitative estimate of drug-likeness (QED) is 0.893. The van der Waals surface area contributed by atoms with Crippen LogP contribution in [0, 0.1) is 0 Å². The van der Waals surface area contributed by atoms with Gasteiger partial charge < -0.3 is 10.6 Å². The van der Waals surface area contributed by atoms with Crippen molar-refractivity contribution in [3.8, 4) is 0 Å². The third-order valence-corrected chi connectivity index (χ3v) is 3.39. The van der Waals surface area contributed by atoms with Crippen molar-refractivity contribution in [1.29, 1.82) is 0 Å². The van der Waals surface area contributed by atoms with Gasteiger partial charge in [0, 0.05) is 24.5 Å². The summed E-state index contributed by atoms with van der Waals surface area (Å²) in [6.45, 7) is 8.17. The lowest BCUT2D eigenvalue weighted by atomic mass is 10.1. The molecule has 0 aliphatic carbocycles. The predicted molar refractivity (Wildman–Crippen MR) is 82.4 cm³/mol. The van der Waals surface area contributed by atoms with Crippen LogP contribution in [0.1, 0.15) is 32.8 Å². The molecular weight excluding hydrogens is 234 g/mol. The van der Waals surface area contributed by atoms with Crippen LogP contribution >= 0.6 is 0 Å². The highest BCUT2D eigenvalue weighted by atomic mass is 15.2. The van der Waals surface area contributed by atoms with Gasteiger partial charge in [-0.05, 0) is 38.0 Å². The second-order valence-electron chi connectivity index (χ2n) is 5.15. The van der Waals surface area contributed by atoms with Crippen LogP contribution in [0.2, 0.25) is 0 Å². The van der Waals surface area contributed by atoms with Gasteiger partial charge in [-0.3, -0.25) is 0 Å². The largest absolute Gasteiger partial charge is 0.354 e. The number of nitrogens with zero attached hydrogens (tertiary/aromatic N) is 2. The zero-order valence-electron chi connectivity index (χ0n) is 12.1. The van der Waals surface area contributed by atoms with Gasteiger partial charge in [-0.1, -0.05) is 25.1 Å². The molecule has 0 radical (unpaired) electrons. The van der Waals surface area contributed by atoms with Crippen molar-refractivity contribution in [2.45, 2.75) is 39.8 Å². The highest BCUT2D eigenvalue weighted by Gasteiger charge is 2.13. The zero-order valence-corrected chi connectivity index (χ0v) is 12.1. The zero-order chi connectivity index (χ0) is 13.8. The van der Waals surface area contributed by atoms with Gasteiger partial charge >= 0.3 is 0 Å². The summed E-state index contributed by atoms with van der Waals surface area (Å²) in [4.78, 5) is 7.13. The Kier molecular flexibility index (Phi) is 4.38. The monoisotopic (exact) mass is 257 g/mol. The smallest absolute Gasteiger partial charge is 0.129 e. The average Bonchev–Trinajstić information content (AvgIpc) is 2.43. The Bertz CT molecular complexity index is 549. The van der Waals surface area contributed by atoms with Crippen LogP contribution in [0.15, 0.2) is 30.3 Å². The molecule has 1 aromatic carbocycles. The van der Waals surface area contributed by atoms with E-state index in [2.05, 4.69) is 43.9 Å². The van der Waals surface area contributed by atoms with E-state index in [-0.39, 0.29) is 0 Å². The van der Waals surface area contributed by atoms with E-state index in [1.54, 1.807) is 0 Å². The fourth-order valence-electron chi connectivity index (χ4n) is 2.43. The lowest BCUT2D eigenvalue weighted by molar-refractivity contribution is 0.663. The van der Waals surface area contributed by atoms with E-state index in [0.717, 1.165) is 29.7 Å². The molecule has 2 N–H and O–H groups in total. The fourth-order valence-corrected chi connectivity index (χ4v) is 2.43. The van der Waals surface area contributed by atoms with E-state index >= 15 is 0 Å². The molecule has 3 nitrogen and oxygen atoms in total. The summed E-state index contributed by atoms with van der Waals surface area (Å²) in [7, 11) is 0. The number of pyridine rings is 1. The van der Waals surface area contributed by atoms with E-state index in [1.807, 2.05) is 12.1 Å². The first-order chi connectivity index (χ1) is 9.17. The Morgan fingerprint density at radius 3 is 2.63 bits per heavy atom. The number of hydrogen-bond acceptors (Lipinski definition) is 3. The molecular formula is C16H23N3. The second-order valence-corrected chi connectivity index (χ2v) is 5.15. The number of aromatic nitrogens is 1. The first-order valence-corrected chi connectivity index (χ1v) is 7.02. The summed E-state index contributed by atoms with van der Waals surface area (Å²) >= 11 is 0. The third kappa shape index (κ3) is 2.87. The van der Waals surface area contributed by atoms with Crippen LogP contribution in [-0.2, 0) is 6.54 Å². The molecule has 1 aromatic heterocycles. The molecule has 0 bridgehead atoms. The van der Waals surface area contributed by atoms with Crippen molar-refractivity contribution in [2.75, 3.05) is 11.4 Å². The van der Waals surface area contributed by atoms with Gasteiger partial charge in [0.05, 0.1) is 5.52 Å². The summed E-state index contributed by atoms with van der Waals surface area (Å²) in [5.74, 6) is 1.04. The Labute approximate surface area is 115 Å². The van der Waals surface area contributed by atoms with Crippen molar-refractivity contribution in [3.63, 3.8) is 0 Å². The van der Waals surface area contributed by atoms with Crippen molar-refractivity contribution < 1.29 is 0 Å². The minimum Gasteiger partial charge on any atom is -0.354 e. The summed E-state index contributed by atoms with van der Waals surface area (Å²) in [5, 5.41) is 1.16. The van der Waals surface area contributed by atoms with Crippen LogP contribution in [0.4, 0.5) is 5.82 Å². The molecule has 0 unspecified atom stereocenters. The van der Waals surface area contributed by atoms with E-state index in [0.29, 0.717) is 12.6 Å². The Hall–Kier alpha value is -1.61. The van der Waals surface area contributed by atoms with Crippen molar-refractivity contribution in [2.24, 2.45) is 5.73 Å². The highest BCUT2D eigenvalue weighted by molar-refractivity contribution is 5.84. The second kappa shape index (κ2) is 6.02. The normalized spacial score (nSPS) is 11.2. The van der Waals surface area contributed by atoms with Gasteiger partial charge in [0.2, 0.25) is 0 Å². The van der Waals surface area contributed by atoms with Gasteiger partial charge in [0.15, 0.2) is 0 Å². The Balaban J connectivity index is 2.54. The first-order valence-electron chi connectivity index (χ1n) is 7.02. The fraction of sp³-hybridized carbons (Fsp3) is 0.438. The minimum absolute atomic E-state index is 0.444. The summed E-state index contributed by atoms with van der Waals surface area (Å²) < 4.78 is 0. The molecule has 19 heavy (non-hydrogen) atoms. The van der Waals surface area contributed by atoms with Crippen molar-refractivity contribution in [3.05, 3.63) is 35.9 Å². The molecule has 0 saturated heterocycles. The molecule has 2 aromatic rings. The molecule has 0 aliphatic rings. The van der Waals surface area contributed by atoms with Gasteiger partial charge in [-0.15, -0.1) is 0 Å². The number of benzene rings is 1. The maximum absolute atomic E-state index is 5.89. The van der Waals surface area contributed by atoms with Gasteiger partial charge in [-0.2, -0.15) is 0 Å². The van der Waals surface area contributed by atoms with E-state index < -0.39 is 0 Å². The summed E-state index contributed by atoms with van der Waals surface area (Å²) in [6, 6.07) is 10.8. The maximum Gasteiger partial charge on any atom is 0.129 e. The number of para-hydroxylation sites is 1. The number of anilines is 1. The highest BCUT2D eigenvalue weighted by Crippen LogP contribution is 2.24. The predicted octanol–water partition coefficient (Wildman–Crippen LogP) is 3.32. The maximum atomic E-state index is 5.89. The number of nitrogens with two attached hydrogens (primary N) is 1. The molecule has 1 heterocycles. The SMILES string of the molecule is CCCN(c1cc(CN)c2ccccc2n1)C(C)C. The lowest BCUT2D eigenvalue weighted by Gasteiger charge is -2.28. The van der Waals surface area contributed by atoms with Crippen LogP contribution in [-0.4, -0.2) is 17.6 Å². The van der Waals surface area contributed by atoms with Crippen LogP contribution < -0.4 is 10.6 Å². The van der Waals surface area contributed by atoms with E-state index in [4.69, 9.17) is 10.7 Å². The molecule has 0 fully saturated rings. The van der Waals surface area contributed by atoms with E-state index in [9.17, 15) is 0 Å². The molecule has 0 spiro atoms. The molecule has 0 amide bonds. The third-order valence-electron chi connectivity index (χ3n) is 3.39. The van der Waals surface area contributed by atoms with Gasteiger partial charge in [0.1, 0.15) is 5.82 Å². The topological polar surface area (TPSA) is 42.1 Å². The summed E-state index contributed by atoms with van der Waals surface area (Å²) in [5.41, 5.74) is 8.09. The summed E-state index contributed by atoms with van der Waals surface area (Å²) in [6.07, 6.45) is 1.12. The first kappa shape index (κ1) is 13.8. The van der Waals surface area contributed by atoms with Crippen LogP contribution in [0.5, 0.6) is 0 Å². The molecule has 3 heteroatoms. The Morgan fingerprint density at radius 1 is 1.26 bits per heavy atom. The lowest BCUT2D eigenvalue weighted by Crippen LogP contribution is -2.32. The Morgan fingerprint density at radius 2 is 2.00 bits per heavy atom. The number of rotatable bonds is 5. The van der Waals surface area contributed by atoms with Gasteiger partial charge in [-0.25, -0.2) is 4.98 Å². The van der Waals surface area contributed by atoms with Gasteiger partial charge in [0.25, 0.3) is 0 Å². The number of hydrogen-bond donors (Lipinski definition) is 1. The van der Waals surface area contributed by atoms with Crippen LogP contribution in [0.3, 0.4) is 0 Å². The molecule has 0 aliphatic heterocycles. The van der Waals surface area contributed by atoms with Crippen molar-refractivity contribution in [1.82, 2.24) is 4.98 Å². The van der Waals surface area contributed by atoms with Crippen molar-refractivity contribution >= 4 is 16.7 Å². The van der Waals surface area contributed by atoms with E-state index in [1.165, 1.54) is 5.56 Å². The molecule has 0 atom stereocenters. The minimum atomic E-state index is 0.444. The molecule has 102 valence electrons. The number of fused-ring (bicyclic) bond motifs is 1.